The fourth-order valence-electron chi connectivity index (χ4n) is 12.2. The number of nitrogens with zero attached hydrogens (tertiary/aromatic N) is 6. The van der Waals surface area contributed by atoms with Crippen LogP contribution in [0.25, 0.3) is 43.9 Å². The summed E-state index contributed by atoms with van der Waals surface area (Å²) in [5, 5.41) is 34.2. The first-order valence-corrected chi connectivity index (χ1v) is 48.4. The van der Waals surface area contributed by atoms with Crippen molar-refractivity contribution in [2.75, 3.05) is 103 Å². The number of hydrogen-bond donors (Lipinski definition) is 1. The number of non-ortho nitro benzene ring substituents is 2. The molecule has 0 atom stereocenters. The average Bonchev–Trinajstić information content (AvgIpc) is 0.811. The van der Waals surface area contributed by atoms with E-state index >= 15 is 0 Å². The van der Waals surface area contributed by atoms with Crippen LogP contribution in [0.4, 0.5) is 43.7 Å². The average molecular weight is 1840 g/mol. The molecule has 26 nitrogen and oxygen atoms in total. The van der Waals surface area contributed by atoms with Gasteiger partial charge in [0.25, 0.3) is 11.4 Å². The Hall–Kier alpha value is -9.77. The standard InChI is InChI=1S/C23H24N2O7.C22H35NO3Si.C16H21NO3.C14H17NO2.C8H19IOSi.C7H4ClNO4.CH4/c1-3-24(4-2)18-9-12-20-16(14-22(26)32-21(20)15-18)6-5-13-30-23(27)31-19-10-7-17(8-11-19)25(28)29;1-8-23(9-2)18-12-13-19-17(15-21(24)26-20(19)16-18)11-10-14-25-27(6,7)22(3,4)5;1-3-17(4-2)13-7-8-14-12(6-5-9-18)10-16(19)20-15(14)11-13;1-4-15(5-2)11-6-7-12-10(3)8-14(16)17-13(12)9-11;1-8(2,3)11(4,5)10-7-6-9;8-7(10)13-6-3-1-5(2-4-6)9(11)12;/h7-12,14-15H,3-6,13H2,1-2H3;12-13,15-16H,8-11,14H2,1-7H3;7-8,10-11,18H,3-6,9H2,1-2H3;6-9H,4-5H2,1-3H3;6-7H2,1-5H3;1-4H;1H4. The number of aliphatic hydroxyl groups excluding tert-OH is 1. The molecule has 0 saturated carbocycles. The smallest absolute Gasteiger partial charge is 0.434 e. The molecule has 1 N–H and O–H groups in total. The van der Waals surface area contributed by atoms with Crippen molar-refractivity contribution in [2.45, 2.75) is 186 Å². The number of halogens is 2. The molecule has 0 aliphatic carbocycles. The molecule has 4 aromatic heterocycles. The van der Waals surface area contributed by atoms with Crippen molar-refractivity contribution in [3.8, 4) is 11.5 Å². The molecule has 30 heteroatoms. The predicted molar refractivity (Wildman–Crippen MR) is 503 cm³/mol. The highest BCUT2D eigenvalue weighted by molar-refractivity contribution is 14.1. The molecule has 0 amide bonds. The number of ether oxygens (including phenoxy) is 3. The molecule has 4 heterocycles. The van der Waals surface area contributed by atoms with Crippen LogP contribution in [0, 0.1) is 27.2 Å². The van der Waals surface area contributed by atoms with Crippen LogP contribution in [-0.4, -0.2) is 126 Å². The van der Waals surface area contributed by atoms with E-state index in [9.17, 15) is 49.0 Å². The molecular weight excluding hydrogens is 1720 g/mol. The summed E-state index contributed by atoms with van der Waals surface area (Å²) < 4.78 is 49.2. The van der Waals surface area contributed by atoms with Crippen LogP contribution >= 0.6 is 34.2 Å². The van der Waals surface area contributed by atoms with Crippen LogP contribution in [0.2, 0.25) is 36.3 Å². The minimum absolute atomic E-state index is 0. The number of carbonyl (C=O) groups is 2. The number of anilines is 4. The normalized spacial score (nSPS) is 11.2. The van der Waals surface area contributed by atoms with Crippen molar-refractivity contribution in [3.05, 3.63) is 230 Å². The Morgan fingerprint density at radius 1 is 0.446 bits per heavy atom. The Morgan fingerprint density at radius 2 is 0.744 bits per heavy atom. The SMILES string of the molecule is C.CC(C)(C)[Si](C)(C)OCCI.CCN(CC)c1ccc2c(C)cc(=O)oc2c1.CCN(CC)c1ccc2c(CCCO)cc(=O)oc2c1.CCN(CC)c1ccc2c(CCCOC(=O)Oc3ccc([N+](=O)[O-])cc3)cc(=O)oc2c1.CCN(CC)c1ccc2c(CCCO[Si](C)(C)C(C)(C)C)cc(=O)oc2c1.O=C(Cl)Oc1ccc([N+](=O)[O-])cc1. The maximum atomic E-state index is 12.0. The summed E-state index contributed by atoms with van der Waals surface area (Å²) in [6.07, 6.45) is 3.15. The summed E-state index contributed by atoms with van der Waals surface area (Å²) in [5.41, 5.74) is 8.00. The Balaban J connectivity index is 0.000000315. The molecule has 0 spiro atoms. The van der Waals surface area contributed by atoms with E-state index < -0.39 is 43.7 Å². The first-order valence-electron chi connectivity index (χ1n) is 40.6. The highest BCUT2D eigenvalue weighted by Gasteiger charge is 2.38. The van der Waals surface area contributed by atoms with Gasteiger partial charge in [-0.25, -0.2) is 28.8 Å². The molecule has 121 heavy (non-hydrogen) atoms. The van der Waals surface area contributed by atoms with E-state index in [4.69, 9.17) is 52.7 Å². The summed E-state index contributed by atoms with van der Waals surface area (Å²) >= 11 is 7.27. The lowest BCUT2D eigenvalue weighted by atomic mass is 10.0. The Bertz CT molecular complexity index is 5200. The highest BCUT2D eigenvalue weighted by Crippen LogP contribution is 2.38. The third kappa shape index (κ3) is 32.2. The molecule has 0 aliphatic rings. The van der Waals surface area contributed by atoms with Crippen molar-refractivity contribution >= 4 is 140 Å². The second-order valence-electron chi connectivity index (χ2n) is 30.9. The molecule has 0 aliphatic heterocycles. The number of alkyl halides is 1. The third-order valence-corrected chi connectivity index (χ3v) is 30.6. The van der Waals surface area contributed by atoms with Gasteiger partial charge in [0.1, 0.15) is 33.8 Å². The van der Waals surface area contributed by atoms with Crippen molar-refractivity contribution in [3.63, 3.8) is 0 Å². The fraction of sp³-hybridized carbons (Fsp3) is 0.451. The van der Waals surface area contributed by atoms with Crippen molar-refractivity contribution in [2.24, 2.45) is 0 Å². The minimum atomic E-state index is -1.72. The van der Waals surface area contributed by atoms with E-state index in [2.05, 4.69) is 194 Å². The second kappa shape index (κ2) is 50.0. The largest absolute Gasteiger partial charge is 0.513 e. The predicted octanol–water partition coefficient (Wildman–Crippen LogP) is 22.2. The monoisotopic (exact) mass is 1840 g/mol. The Labute approximate surface area is 731 Å². The molecule has 0 unspecified atom stereocenters. The highest BCUT2D eigenvalue weighted by atomic mass is 127. The first-order chi connectivity index (χ1) is 56.7. The quantitative estimate of drug-likeness (QED) is 0.00403. The lowest BCUT2D eigenvalue weighted by Gasteiger charge is -2.36. The van der Waals surface area contributed by atoms with Gasteiger partial charge in [0.2, 0.25) is 0 Å². The number of aryl methyl sites for hydroxylation is 4. The second-order valence-corrected chi connectivity index (χ2v) is 41.9. The van der Waals surface area contributed by atoms with Gasteiger partial charge >= 0.3 is 34.1 Å². The number of nitro benzene ring substituents is 2. The van der Waals surface area contributed by atoms with Gasteiger partial charge in [-0.05, 0) is 232 Å². The Morgan fingerprint density at radius 3 is 1.05 bits per heavy atom. The zero-order chi connectivity index (χ0) is 89.2. The number of benzene rings is 6. The Kier molecular flexibility index (Phi) is 42.8. The summed E-state index contributed by atoms with van der Waals surface area (Å²) in [7, 11) is -3.15. The van der Waals surface area contributed by atoms with Gasteiger partial charge in [0.05, 0.1) is 16.5 Å². The molecule has 0 radical (unpaired) electrons. The fourth-order valence-corrected chi connectivity index (χ4v) is 15.1. The molecule has 10 aromatic rings. The van der Waals surface area contributed by atoms with Gasteiger partial charge in [-0.3, -0.25) is 20.2 Å². The number of nitro groups is 2. The van der Waals surface area contributed by atoms with Crippen molar-refractivity contribution in [1.29, 1.82) is 0 Å². The van der Waals surface area contributed by atoms with Crippen LogP contribution in [-0.2, 0) is 32.9 Å². The zero-order valence-electron chi connectivity index (χ0n) is 72.9. The molecule has 6 aromatic carbocycles. The van der Waals surface area contributed by atoms with Gasteiger partial charge < -0.3 is 65.4 Å². The van der Waals surface area contributed by atoms with Crippen LogP contribution in [0.5, 0.6) is 11.5 Å². The maximum Gasteiger partial charge on any atom is 0.513 e. The summed E-state index contributed by atoms with van der Waals surface area (Å²) in [4.78, 5) is 97.7. The number of carbonyl (C=O) groups excluding carboxylic acids is 2. The van der Waals surface area contributed by atoms with Crippen LogP contribution in [0.3, 0.4) is 0 Å². The van der Waals surface area contributed by atoms with Gasteiger partial charge in [0.15, 0.2) is 16.6 Å². The zero-order valence-corrected chi connectivity index (χ0v) is 77.8. The topological polar surface area (TPSA) is 321 Å². The van der Waals surface area contributed by atoms with Gasteiger partial charge in [-0.2, -0.15) is 0 Å². The van der Waals surface area contributed by atoms with E-state index in [1.165, 1.54) is 66.7 Å². The van der Waals surface area contributed by atoms with E-state index in [0.29, 0.717) is 53.1 Å². The van der Waals surface area contributed by atoms with Gasteiger partial charge in [-0.15, -0.1) is 0 Å². The number of rotatable bonds is 31. The van der Waals surface area contributed by atoms with Crippen LogP contribution in [0.15, 0.2) is 182 Å². The lowest BCUT2D eigenvalue weighted by Crippen LogP contribution is -2.41. The first kappa shape index (κ1) is 104. The summed E-state index contributed by atoms with van der Waals surface area (Å²) in [6.45, 7) is 50.5. The molecule has 10 rings (SSSR count). The van der Waals surface area contributed by atoms with Crippen LogP contribution < -0.4 is 51.6 Å². The molecular formula is C91H124ClIN6O20Si2. The number of aliphatic hydroxyl groups is 1. The van der Waals surface area contributed by atoms with Crippen molar-refractivity contribution < 1.29 is 65.3 Å². The molecule has 0 saturated heterocycles. The molecule has 0 fully saturated rings. The number of fused-ring (bicyclic) bond motifs is 4. The van der Waals surface area contributed by atoms with E-state index in [1.807, 2.05) is 55.5 Å². The third-order valence-electron chi connectivity index (χ3n) is 21.0. The number of hydrogen-bond acceptors (Lipinski definition) is 24. The maximum absolute atomic E-state index is 12.0. The van der Waals surface area contributed by atoms with Gasteiger partial charge in [-0.1, -0.05) is 71.6 Å². The van der Waals surface area contributed by atoms with E-state index in [0.717, 1.165) is 149 Å². The van der Waals surface area contributed by atoms with Gasteiger partial charge in [0, 0.05) is 205 Å². The van der Waals surface area contributed by atoms with Crippen LogP contribution in [0.1, 0.15) is 146 Å². The summed E-state index contributed by atoms with van der Waals surface area (Å²) in [5.74, 6) is 0.321. The molecule has 660 valence electrons. The van der Waals surface area contributed by atoms with E-state index in [1.54, 1.807) is 6.07 Å². The van der Waals surface area contributed by atoms with E-state index in [-0.39, 0.29) is 65.4 Å². The minimum Gasteiger partial charge on any atom is -0.434 e. The lowest BCUT2D eigenvalue weighted by molar-refractivity contribution is -0.385. The summed E-state index contributed by atoms with van der Waals surface area (Å²) in [6, 6.07) is 40.2. The van der Waals surface area contributed by atoms with Crippen molar-refractivity contribution in [1.82, 2.24) is 0 Å². The molecule has 0 bridgehead atoms.